The summed E-state index contributed by atoms with van der Waals surface area (Å²) in [6.45, 7) is 5.25. The molecule has 5 nitrogen and oxygen atoms in total. The highest BCUT2D eigenvalue weighted by Crippen LogP contribution is 2.09. The third-order valence-electron chi connectivity index (χ3n) is 1.30. The number of methoxy groups -OCH3 is 1. The molecule has 6 heteroatoms. The number of hydrogen-bond acceptors (Lipinski definition) is 5. The quantitative estimate of drug-likeness (QED) is 0.591. The van der Waals surface area contributed by atoms with E-state index in [0.717, 1.165) is 0 Å². The lowest BCUT2D eigenvalue weighted by molar-refractivity contribution is -0.140. The van der Waals surface area contributed by atoms with Crippen molar-refractivity contribution in [2.45, 2.75) is 31.7 Å². The van der Waals surface area contributed by atoms with Crippen LogP contribution in [0.4, 0.5) is 4.79 Å². The lowest BCUT2D eigenvalue weighted by Crippen LogP contribution is -2.41. The summed E-state index contributed by atoms with van der Waals surface area (Å²) in [5.74, 6) is -0.506. The minimum absolute atomic E-state index is 0.506. The van der Waals surface area contributed by atoms with Crippen LogP contribution in [0.1, 0.15) is 20.8 Å². The van der Waals surface area contributed by atoms with Gasteiger partial charge in [-0.05, 0) is 27.0 Å². The van der Waals surface area contributed by atoms with Crippen LogP contribution in [0, 0.1) is 0 Å². The zero-order valence-electron chi connectivity index (χ0n) is 9.62. The summed E-state index contributed by atoms with van der Waals surface area (Å²) in [6, 6.07) is 0. The molecule has 88 valence electrons. The molecule has 0 radical (unpaired) electrons. The van der Waals surface area contributed by atoms with Crippen LogP contribution in [-0.2, 0) is 14.3 Å². The number of thioether (sulfide) groups is 1. The Morgan fingerprint density at radius 1 is 1.33 bits per heavy atom. The topological polar surface area (TPSA) is 64.6 Å². The predicted octanol–water partition coefficient (Wildman–Crippen LogP) is 1.37. The molecule has 0 aromatic rings. The molecule has 0 fully saturated rings. The SMILES string of the molecule is COC(=O)C(NC(=O)OC(C)(C)C)SC. The minimum atomic E-state index is -0.732. The van der Waals surface area contributed by atoms with Crippen molar-refractivity contribution in [2.75, 3.05) is 13.4 Å². The fourth-order valence-electron chi connectivity index (χ4n) is 0.736. The van der Waals surface area contributed by atoms with Crippen molar-refractivity contribution in [1.29, 1.82) is 0 Å². The summed E-state index contributed by atoms with van der Waals surface area (Å²) in [5.41, 5.74) is -0.580. The first-order valence-electron chi connectivity index (χ1n) is 4.40. The second kappa shape index (κ2) is 5.85. The summed E-state index contributed by atoms with van der Waals surface area (Å²) in [4.78, 5) is 22.4. The zero-order chi connectivity index (χ0) is 12.1. The summed E-state index contributed by atoms with van der Waals surface area (Å²) >= 11 is 1.17. The second-order valence-electron chi connectivity index (χ2n) is 3.79. The van der Waals surface area contributed by atoms with Gasteiger partial charge < -0.3 is 9.47 Å². The maximum absolute atomic E-state index is 11.3. The molecule has 0 heterocycles. The molecular formula is C9H17NO4S. The van der Waals surface area contributed by atoms with E-state index in [1.807, 2.05) is 0 Å². The monoisotopic (exact) mass is 235 g/mol. The van der Waals surface area contributed by atoms with E-state index in [4.69, 9.17) is 4.74 Å². The maximum Gasteiger partial charge on any atom is 0.409 e. The molecule has 0 aromatic heterocycles. The highest BCUT2D eigenvalue weighted by atomic mass is 32.2. The maximum atomic E-state index is 11.3. The van der Waals surface area contributed by atoms with Crippen molar-refractivity contribution in [2.24, 2.45) is 0 Å². The van der Waals surface area contributed by atoms with Gasteiger partial charge in [0.1, 0.15) is 5.60 Å². The number of amides is 1. The molecule has 1 N–H and O–H groups in total. The van der Waals surface area contributed by atoms with E-state index in [-0.39, 0.29) is 0 Å². The molecule has 1 atom stereocenters. The number of nitrogens with one attached hydrogen (secondary N) is 1. The third kappa shape index (κ3) is 6.22. The summed E-state index contributed by atoms with van der Waals surface area (Å²) in [6.07, 6.45) is 1.06. The predicted molar refractivity (Wildman–Crippen MR) is 58.7 cm³/mol. The molecule has 0 saturated heterocycles. The van der Waals surface area contributed by atoms with E-state index in [1.54, 1.807) is 27.0 Å². The van der Waals surface area contributed by atoms with E-state index in [2.05, 4.69) is 10.1 Å². The molecule has 15 heavy (non-hydrogen) atoms. The first-order chi connectivity index (χ1) is 6.80. The number of hydrogen-bond donors (Lipinski definition) is 1. The third-order valence-corrected chi connectivity index (χ3v) is 2.08. The zero-order valence-corrected chi connectivity index (χ0v) is 10.4. The fourth-order valence-corrected chi connectivity index (χ4v) is 1.24. The summed E-state index contributed by atoms with van der Waals surface area (Å²) in [7, 11) is 1.27. The standard InChI is InChI=1S/C9H17NO4S/c1-9(2,3)14-8(12)10-6(15-5)7(11)13-4/h6H,1-5H3,(H,10,12). The minimum Gasteiger partial charge on any atom is -0.467 e. The van der Waals surface area contributed by atoms with Crippen LogP contribution >= 0.6 is 11.8 Å². The van der Waals surface area contributed by atoms with E-state index in [9.17, 15) is 9.59 Å². The molecule has 0 aliphatic rings. The molecule has 0 aliphatic carbocycles. The van der Waals surface area contributed by atoms with Gasteiger partial charge in [0.25, 0.3) is 0 Å². The molecule has 1 amide bonds. The van der Waals surface area contributed by atoms with E-state index >= 15 is 0 Å². The van der Waals surface area contributed by atoms with Crippen molar-refractivity contribution in [3.8, 4) is 0 Å². The Kier molecular flexibility index (Phi) is 5.49. The Hall–Kier alpha value is -0.910. The van der Waals surface area contributed by atoms with Crippen molar-refractivity contribution >= 4 is 23.8 Å². The molecule has 0 aliphatic heterocycles. The van der Waals surface area contributed by atoms with Gasteiger partial charge in [-0.25, -0.2) is 9.59 Å². The van der Waals surface area contributed by atoms with Gasteiger partial charge in [0.05, 0.1) is 7.11 Å². The van der Waals surface area contributed by atoms with Crippen LogP contribution in [0.2, 0.25) is 0 Å². The van der Waals surface area contributed by atoms with Crippen LogP contribution in [0.5, 0.6) is 0 Å². The van der Waals surface area contributed by atoms with Gasteiger partial charge in [-0.1, -0.05) is 0 Å². The van der Waals surface area contributed by atoms with Crippen molar-refractivity contribution in [1.82, 2.24) is 5.32 Å². The van der Waals surface area contributed by atoms with Gasteiger partial charge in [0, 0.05) is 0 Å². The van der Waals surface area contributed by atoms with Gasteiger partial charge >= 0.3 is 12.1 Å². The van der Waals surface area contributed by atoms with Gasteiger partial charge in [0.2, 0.25) is 0 Å². The Labute approximate surface area is 93.9 Å². The van der Waals surface area contributed by atoms with Gasteiger partial charge in [-0.15, -0.1) is 11.8 Å². The van der Waals surface area contributed by atoms with Crippen molar-refractivity contribution in [3.63, 3.8) is 0 Å². The smallest absolute Gasteiger partial charge is 0.409 e. The average Bonchev–Trinajstić information content (AvgIpc) is 2.10. The van der Waals surface area contributed by atoms with Crippen molar-refractivity contribution < 1.29 is 19.1 Å². The first kappa shape index (κ1) is 14.1. The highest BCUT2D eigenvalue weighted by Gasteiger charge is 2.23. The van der Waals surface area contributed by atoms with E-state index in [1.165, 1.54) is 18.9 Å². The summed E-state index contributed by atoms with van der Waals surface area (Å²) in [5, 5.41) is 1.67. The number of esters is 1. The highest BCUT2D eigenvalue weighted by molar-refractivity contribution is 7.99. The lowest BCUT2D eigenvalue weighted by atomic mass is 10.2. The van der Waals surface area contributed by atoms with Crippen LogP contribution in [0.3, 0.4) is 0 Å². The number of carbonyl (C=O) groups is 2. The molecule has 1 unspecified atom stereocenters. The van der Waals surface area contributed by atoms with Crippen LogP contribution < -0.4 is 5.32 Å². The summed E-state index contributed by atoms with van der Waals surface area (Å²) < 4.78 is 9.50. The number of rotatable bonds is 3. The number of ether oxygens (including phenoxy) is 2. The molecule has 0 bridgehead atoms. The van der Waals surface area contributed by atoms with Crippen molar-refractivity contribution in [3.05, 3.63) is 0 Å². The normalized spacial score (nSPS) is 12.9. The van der Waals surface area contributed by atoms with E-state index in [0.29, 0.717) is 0 Å². The van der Waals surface area contributed by atoms with E-state index < -0.39 is 23.0 Å². The number of carbonyl (C=O) groups excluding carboxylic acids is 2. The molecule has 0 spiro atoms. The Morgan fingerprint density at radius 2 is 1.87 bits per heavy atom. The van der Waals surface area contributed by atoms with Gasteiger partial charge in [-0.2, -0.15) is 0 Å². The molecular weight excluding hydrogens is 218 g/mol. The average molecular weight is 235 g/mol. The first-order valence-corrected chi connectivity index (χ1v) is 5.69. The van der Waals surface area contributed by atoms with Crippen LogP contribution in [-0.4, -0.2) is 36.4 Å². The Balaban J connectivity index is 4.20. The largest absolute Gasteiger partial charge is 0.467 e. The Bertz CT molecular complexity index is 237. The molecule has 0 rings (SSSR count). The fraction of sp³-hybridized carbons (Fsp3) is 0.778. The van der Waals surface area contributed by atoms with Gasteiger partial charge in [0.15, 0.2) is 5.37 Å². The molecule has 0 saturated carbocycles. The number of alkyl carbamates (subject to hydrolysis) is 1. The van der Waals surface area contributed by atoms with Crippen LogP contribution in [0.25, 0.3) is 0 Å². The Morgan fingerprint density at radius 3 is 2.20 bits per heavy atom. The van der Waals surface area contributed by atoms with Crippen LogP contribution in [0.15, 0.2) is 0 Å². The second-order valence-corrected chi connectivity index (χ2v) is 4.73. The van der Waals surface area contributed by atoms with Gasteiger partial charge in [-0.3, -0.25) is 5.32 Å². The molecule has 0 aromatic carbocycles. The lowest BCUT2D eigenvalue weighted by Gasteiger charge is -2.21.